The Labute approximate surface area is 138 Å². The predicted octanol–water partition coefficient (Wildman–Crippen LogP) is 0.932. The Morgan fingerprint density at radius 2 is 1.82 bits per heavy atom. The lowest BCUT2D eigenvalue weighted by atomic mass is 10.3. The molecule has 1 aliphatic heterocycles. The van der Waals surface area contributed by atoms with Gasteiger partial charge in [0.25, 0.3) is 0 Å². The molecule has 7 nitrogen and oxygen atoms in total. The molecule has 1 saturated heterocycles. The minimum Gasteiger partial charge on any atom is -0.493 e. The Bertz CT molecular complexity index is 775. The fourth-order valence-corrected chi connectivity index (χ4v) is 6.30. The van der Waals surface area contributed by atoms with E-state index in [2.05, 4.69) is 20.7 Å². The maximum absolute atomic E-state index is 12.5. The Hall–Kier alpha value is -0.840. The van der Waals surface area contributed by atoms with Gasteiger partial charge in [-0.15, -0.1) is 0 Å². The number of hydrogen-bond acceptors (Lipinski definition) is 6. The summed E-state index contributed by atoms with van der Waals surface area (Å²) in [4.78, 5) is -0.0329. The summed E-state index contributed by atoms with van der Waals surface area (Å²) in [7, 11) is -4.20. The maximum atomic E-state index is 12.5. The van der Waals surface area contributed by atoms with Crippen LogP contribution < -0.4 is 14.2 Å². The lowest BCUT2D eigenvalue weighted by molar-refractivity contribution is 0.353. The first-order valence-corrected chi connectivity index (χ1v) is 10.4. The molecule has 0 aliphatic carbocycles. The van der Waals surface area contributed by atoms with E-state index in [1.54, 1.807) is 0 Å². The minimum atomic E-state index is -3.88. The van der Waals surface area contributed by atoms with E-state index in [1.807, 2.05) is 0 Å². The van der Waals surface area contributed by atoms with Crippen molar-refractivity contribution in [2.45, 2.75) is 17.4 Å². The molecule has 0 saturated carbocycles. The van der Waals surface area contributed by atoms with Crippen molar-refractivity contribution in [1.82, 2.24) is 4.72 Å². The van der Waals surface area contributed by atoms with Crippen LogP contribution in [0, 0.1) is 0 Å². The fraction of sp³-hybridized carbons (Fsp3) is 0.500. The molecule has 1 N–H and O–H groups in total. The number of methoxy groups -OCH3 is 2. The summed E-state index contributed by atoms with van der Waals surface area (Å²) >= 11 is 3.19. The molecule has 0 amide bonds. The molecular weight excluding hydrogens is 398 g/mol. The number of hydrogen-bond donors (Lipinski definition) is 1. The van der Waals surface area contributed by atoms with E-state index in [-0.39, 0.29) is 28.6 Å². The van der Waals surface area contributed by atoms with Crippen molar-refractivity contribution < 1.29 is 26.3 Å². The quantitative estimate of drug-likeness (QED) is 0.770. The van der Waals surface area contributed by atoms with Gasteiger partial charge in [0.05, 0.1) is 25.7 Å². The number of halogens is 1. The number of sulfonamides is 1. The van der Waals surface area contributed by atoms with Crippen LogP contribution in [0.4, 0.5) is 0 Å². The van der Waals surface area contributed by atoms with Crippen molar-refractivity contribution in [3.05, 3.63) is 16.6 Å². The van der Waals surface area contributed by atoms with Crippen molar-refractivity contribution >= 4 is 35.8 Å². The van der Waals surface area contributed by atoms with Crippen LogP contribution in [0.2, 0.25) is 0 Å². The molecule has 1 aromatic carbocycles. The number of ether oxygens (including phenoxy) is 2. The van der Waals surface area contributed by atoms with E-state index in [9.17, 15) is 16.8 Å². The van der Waals surface area contributed by atoms with Crippen LogP contribution in [-0.4, -0.2) is 48.6 Å². The molecule has 1 heterocycles. The van der Waals surface area contributed by atoms with Gasteiger partial charge in [0, 0.05) is 16.6 Å². The van der Waals surface area contributed by atoms with Crippen LogP contribution in [-0.2, 0) is 19.9 Å². The Morgan fingerprint density at radius 3 is 2.32 bits per heavy atom. The topological polar surface area (TPSA) is 98.8 Å². The van der Waals surface area contributed by atoms with Crippen molar-refractivity contribution in [1.29, 1.82) is 0 Å². The summed E-state index contributed by atoms with van der Waals surface area (Å²) in [6, 6.07) is 2.20. The Morgan fingerprint density at radius 1 is 1.23 bits per heavy atom. The number of nitrogens with one attached hydrogen (secondary N) is 1. The van der Waals surface area contributed by atoms with E-state index in [4.69, 9.17) is 9.47 Å². The van der Waals surface area contributed by atoms with Gasteiger partial charge in [0.2, 0.25) is 10.0 Å². The van der Waals surface area contributed by atoms with Crippen LogP contribution in [0.15, 0.2) is 21.5 Å². The Balaban J connectivity index is 2.33. The lowest BCUT2D eigenvalue weighted by Gasteiger charge is -2.15. The average Bonchev–Trinajstić information content (AvgIpc) is 2.76. The van der Waals surface area contributed by atoms with Crippen molar-refractivity contribution in [3.8, 4) is 11.5 Å². The highest BCUT2D eigenvalue weighted by Crippen LogP contribution is 2.35. The Kier molecular flexibility index (Phi) is 5.05. The monoisotopic (exact) mass is 413 g/mol. The summed E-state index contributed by atoms with van der Waals surface area (Å²) in [6.45, 7) is 0. The molecule has 0 unspecified atom stereocenters. The lowest BCUT2D eigenvalue weighted by Crippen LogP contribution is -2.35. The smallest absolute Gasteiger partial charge is 0.242 e. The molecule has 22 heavy (non-hydrogen) atoms. The fourth-order valence-electron chi connectivity index (χ4n) is 2.21. The third-order valence-corrected chi connectivity index (χ3v) is 7.53. The van der Waals surface area contributed by atoms with Crippen molar-refractivity contribution in [2.75, 3.05) is 25.7 Å². The molecule has 10 heteroatoms. The number of rotatable bonds is 5. The highest BCUT2D eigenvalue weighted by Gasteiger charge is 2.32. The van der Waals surface area contributed by atoms with E-state index >= 15 is 0 Å². The summed E-state index contributed by atoms with van der Waals surface area (Å²) in [5.41, 5.74) is 0. The van der Waals surface area contributed by atoms with Gasteiger partial charge < -0.3 is 9.47 Å². The summed E-state index contributed by atoms with van der Waals surface area (Å²) in [6.07, 6.45) is 0.270. The van der Waals surface area contributed by atoms with Gasteiger partial charge in [0.1, 0.15) is 4.90 Å². The highest BCUT2D eigenvalue weighted by molar-refractivity contribution is 9.10. The number of sulfone groups is 1. The van der Waals surface area contributed by atoms with Gasteiger partial charge in [0.15, 0.2) is 21.3 Å². The van der Waals surface area contributed by atoms with E-state index < -0.39 is 25.9 Å². The van der Waals surface area contributed by atoms with Gasteiger partial charge in [-0.1, -0.05) is 0 Å². The largest absolute Gasteiger partial charge is 0.493 e. The summed E-state index contributed by atoms with van der Waals surface area (Å²) in [5.74, 6) is 0.464. The third kappa shape index (κ3) is 3.73. The summed E-state index contributed by atoms with van der Waals surface area (Å²) in [5, 5.41) is 0. The molecule has 1 fully saturated rings. The zero-order valence-corrected chi connectivity index (χ0v) is 15.2. The second-order valence-corrected chi connectivity index (χ2v) is 9.62. The first-order valence-electron chi connectivity index (χ1n) is 6.33. The molecule has 1 atom stereocenters. The first-order chi connectivity index (χ1) is 10.2. The van der Waals surface area contributed by atoms with Crippen LogP contribution in [0.3, 0.4) is 0 Å². The normalized spacial score (nSPS) is 20.8. The molecule has 0 radical (unpaired) electrons. The summed E-state index contributed by atoms with van der Waals surface area (Å²) < 4.78 is 60.7. The first kappa shape index (κ1) is 17.5. The highest BCUT2D eigenvalue weighted by atomic mass is 79.9. The molecule has 1 aliphatic rings. The molecular formula is C12H16BrNO6S2. The van der Waals surface area contributed by atoms with Crippen molar-refractivity contribution in [2.24, 2.45) is 0 Å². The van der Waals surface area contributed by atoms with E-state index in [1.165, 1.54) is 26.4 Å². The van der Waals surface area contributed by atoms with E-state index in [0.29, 0.717) is 10.2 Å². The zero-order chi connectivity index (χ0) is 16.5. The van der Waals surface area contributed by atoms with Crippen LogP contribution in [0.25, 0.3) is 0 Å². The minimum absolute atomic E-state index is 0.00666. The molecule has 0 bridgehead atoms. The molecule has 1 aromatic rings. The van der Waals surface area contributed by atoms with Gasteiger partial charge in [-0.3, -0.25) is 0 Å². The van der Waals surface area contributed by atoms with Crippen LogP contribution >= 0.6 is 15.9 Å². The molecule has 2 rings (SSSR count). The predicted molar refractivity (Wildman–Crippen MR) is 84.6 cm³/mol. The molecule has 124 valence electrons. The van der Waals surface area contributed by atoms with Gasteiger partial charge >= 0.3 is 0 Å². The van der Waals surface area contributed by atoms with Crippen LogP contribution in [0.5, 0.6) is 11.5 Å². The molecule has 0 spiro atoms. The number of benzene rings is 1. The average molecular weight is 414 g/mol. The SMILES string of the molecule is COc1cc(Br)c(S(=O)(=O)N[C@H]2CCS(=O)(=O)C2)cc1OC. The second-order valence-electron chi connectivity index (χ2n) is 4.86. The van der Waals surface area contributed by atoms with Crippen molar-refractivity contribution in [3.63, 3.8) is 0 Å². The van der Waals surface area contributed by atoms with Gasteiger partial charge in [-0.05, 0) is 28.4 Å². The molecule has 0 aromatic heterocycles. The van der Waals surface area contributed by atoms with E-state index in [0.717, 1.165) is 0 Å². The zero-order valence-electron chi connectivity index (χ0n) is 12.0. The van der Waals surface area contributed by atoms with Gasteiger partial charge in [-0.25, -0.2) is 21.6 Å². The second kappa shape index (κ2) is 6.34. The van der Waals surface area contributed by atoms with Gasteiger partial charge in [-0.2, -0.15) is 0 Å². The van der Waals surface area contributed by atoms with Crippen LogP contribution in [0.1, 0.15) is 6.42 Å². The third-order valence-electron chi connectivity index (χ3n) is 3.28. The standard InChI is InChI=1S/C12H16BrNO6S2/c1-19-10-5-9(13)12(6-11(10)20-2)22(17,18)14-8-3-4-21(15,16)7-8/h5-6,8,14H,3-4,7H2,1-2H3/t8-/m0/s1. The maximum Gasteiger partial charge on any atom is 0.242 e.